The third-order valence-corrected chi connectivity index (χ3v) is 7.88. The Morgan fingerprint density at radius 1 is 1.03 bits per heavy atom. The lowest BCUT2D eigenvalue weighted by Gasteiger charge is -2.17. The van der Waals surface area contributed by atoms with E-state index in [2.05, 4.69) is 10.3 Å². The number of amides is 2. The monoisotopic (exact) mass is 525 g/mol. The van der Waals surface area contributed by atoms with Crippen molar-refractivity contribution in [1.82, 2.24) is 24.4 Å². The molecule has 2 aromatic heterocycles. The Labute approximate surface area is 218 Å². The van der Waals surface area contributed by atoms with Crippen LogP contribution in [0, 0.1) is 11.8 Å². The Bertz CT molecular complexity index is 1370. The molecule has 1 unspecified atom stereocenters. The van der Waals surface area contributed by atoms with Crippen LogP contribution in [0.1, 0.15) is 30.7 Å². The van der Waals surface area contributed by atoms with E-state index in [0.717, 1.165) is 42.8 Å². The van der Waals surface area contributed by atoms with Crippen molar-refractivity contribution >= 4 is 41.0 Å². The lowest BCUT2D eigenvalue weighted by atomic mass is 10.1. The lowest BCUT2D eigenvalue weighted by Crippen LogP contribution is -2.32. The number of nitrogens with two attached hydrogens (primary N) is 1. The predicted molar refractivity (Wildman–Crippen MR) is 136 cm³/mol. The number of anilines is 1. The van der Waals surface area contributed by atoms with Gasteiger partial charge in [-0.05, 0) is 43.5 Å². The summed E-state index contributed by atoms with van der Waals surface area (Å²) in [6.45, 7) is 1.40. The quantitative estimate of drug-likeness (QED) is 0.509. The van der Waals surface area contributed by atoms with Crippen LogP contribution in [-0.2, 0) is 22.4 Å². The molecular weight excluding hydrogens is 501 g/mol. The number of rotatable bonds is 6. The second-order valence-electron chi connectivity index (χ2n) is 9.73. The number of aromatic nitrogens is 4. The molecule has 0 radical (unpaired) electrons. The SMILES string of the molecule is NC(=O)C1Cc2nc(-c3ccc(Cl)c(Cl)c3)n(-c3ccnc(N[C@H]4CCN(C(=O)C5CC5)C4)n3)c2C1. The Balaban J connectivity index is 1.32. The standard InChI is InChI=1S/C25H25Cl2N7O2/c26-17-4-3-14(9-18(17)27)23-31-19-10-15(22(28)35)11-20(19)34(23)21-5-7-29-25(32-21)30-16-6-8-33(12-16)24(36)13-1-2-13/h3-5,7,9,13,15-16H,1-2,6,8,10-12H2,(H2,28,35)(H,29,30,32)/t15?,16-/m0/s1. The van der Waals surface area contributed by atoms with Crippen molar-refractivity contribution in [3.63, 3.8) is 0 Å². The molecule has 3 aliphatic rings. The van der Waals surface area contributed by atoms with Crippen LogP contribution in [0.15, 0.2) is 30.5 Å². The number of carbonyl (C=O) groups excluding carboxylic acids is 2. The van der Waals surface area contributed by atoms with E-state index in [4.69, 9.17) is 38.9 Å². The van der Waals surface area contributed by atoms with Crippen LogP contribution in [0.2, 0.25) is 10.0 Å². The molecule has 3 heterocycles. The largest absolute Gasteiger partial charge is 0.369 e. The number of benzene rings is 1. The first kappa shape index (κ1) is 23.2. The van der Waals surface area contributed by atoms with Crippen molar-refractivity contribution in [2.75, 3.05) is 18.4 Å². The molecular formula is C25H25Cl2N7O2. The first-order valence-electron chi connectivity index (χ1n) is 12.1. The first-order valence-corrected chi connectivity index (χ1v) is 12.9. The van der Waals surface area contributed by atoms with Gasteiger partial charge >= 0.3 is 0 Å². The molecule has 3 N–H and O–H groups in total. The highest BCUT2D eigenvalue weighted by Crippen LogP contribution is 2.36. The fraction of sp³-hybridized carbons (Fsp3) is 0.400. The minimum Gasteiger partial charge on any atom is -0.369 e. The van der Waals surface area contributed by atoms with Crippen LogP contribution in [0.5, 0.6) is 0 Å². The molecule has 3 aromatic rings. The van der Waals surface area contributed by atoms with Crippen molar-refractivity contribution < 1.29 is 9.59 Å². The van der Waals surface area contributed by atoms with Gasteiger partial charge in [0, 0.05) is 61.3 Å². The van der Waals surface area contributed by atoms with E-state index in [1.807, 2.05) is 21.6 Å². The summed E-state index contributed by atoms with van der Waals surface area (Å²) in [6.07, 6.45) is 5.51. The topological polar surface area (TPSA) is 119 Å². The van der Waals surface area contributed by atoms with E-state index >= 15 is 0 Å². The fourth-order valence-electron chi connectivity index (χ4n) is 5.08. The highest BCUT2D eigenvalue weighted by molar-refractivity contribution is 6.42. The number of hydrogen-bond acceptors (Lipinski definition) is 6. The molecule has 0 spiro atoms. The normalized spacial score (nSPS) is 21.0. The molecule has 1 aromatic carbocycles. The number of nitrogens with one attached hydrogen (secondary N) is 1. The minimum absolute atomic E-state index is 0.0882. The van der Waals surface area contributed by atoms with Crippen molar-refractivity contribution in [1.29, 1.82) is 0 Å². The highest BCUT2D eigenvalue weighted by Gasteiger charge is 2.37. The number of hydrogen-bond donors (Lipinski definition) is 2. The molecule has 0 bridgehead atoms. The van der Waals surface area contributed by atoms with Gasteiger partial charge in [0.15, 0.2) is 0 Å². The summed E-state index contributed by atoms with van der Waals surface area (Å²) in [5.74, 6) is 1.60. The van der Waals surface area contributed by atoms with Gasteiger partial charge in [-0.2, -0.15) is 4.98 Å². The van der Waals surface area contributed by atoms with Gasteiger partial charge in [-0.25, -0.2) is 9.97 Å². The van der Waals surface area contributed by atoms with Gasteiger partial charge in [-0.1, -0.05) is 23.2 Å². The van der Waals surface area contributed by atoms with E-state index in [1.165, 1.54) is 0 Å². The summed E-state index contributed by atoms with van der Waals surface area (Å²) in [5, 5.41) is 4.28. The molecule has 11 heteroatoms. The second-order valence-corrected chi connectivity index (χ2v) is 10.5. The zero-order valence-corrected chi connectivity index (χ0v) is 21.0. The van der Waals surface area contributed by atoms with Crippen LogP contribution in [-0.4, -0.2) is 55.4 Å². The van der Waals surface area contributed by atoms with Gasteiger partial charge in [0.05, 0.1) is 15.7 Å². The molecule has 2 atom stereocenters. The number of halogens is 2. The van der Waals surface area contributed by atoms with Gasteiger partial charge in [0.2, 0.25) is 17.8 Å². The maximum atomic E-state index is 12.4. The number of fused-ring (bicyclic) bond motifs is 1. The Morgan fingerprint density at radius 2 is 1.86 bits per heavy atom. The number of carbonyl (C=O) groups is 2. The van der Waals surface area contributed by atoms with Gasteiger partial charge in [-0.3, -0.25) is 14.2 Å². The molecule has 2 fully saturated rings. The van der Waals surface area contributed by atoms with Crippen LogP contribution in [0.3, 0.4) is 0 Å². The van der Waals surface area contributed by atoms with Crippen LogP contribution in [0.25, 0.3) is 17.2 Å². The van der Waals surface area contributed by atoms with Gasteiger partial charge < -0.3 is 16.0 Å². The minimum atomic E-state index is -0.341. The smallest absolute Gasteiger partial charge is 0.225 e. The average molecular weight is 526 g/mol. The van der Waals surface area contributed by atoms with E-state index in [-0.39, 0.29) is 29.7 Å². The van der Waals surface area contributed by atoms with Gasteiger partial charge in [0.25, 0.3) is 0 Å². The van der Waals surface area contributed by atoms with Crippen LogP contribution < -0.4 is 11.1 Å². The maximum Gasteiger partial charge on any atom is 0.225 e. The predicted octanol–water partition coefficient (Wildman–Crippen LogP) is 3.26. The zero-order valence-electron chi connectivity index (χ0n) is 19.5. The number of nitrogens with zero attached hydrogens (tertiary/aromatic N) is 5. The number of primary amides is 1. The maximum absolute atomic E-state index is 12.4. The summed E-state index contributed by atoms with van der Waals surface area (Å²) in [4.78, 5) is 40.3. The third kappa shape index (κ3) is 4.30. The van der Waals surface area contributed by atoms with E-state index in [9.17, 15) is 9.59 Å². The molecule has 1 aliphatic heterocycles. The number of imidazole rings is 1. The molecule has 9 nitrogen and oxygen atoms in total. The molecule has 1 saturated carbocycles. The molecule has 186 valence electrons. The average Bonchev–Trinajstić information content (AvgIpc) is 3.29. The van der Waals surface area contributed by atoms with E-state index < -0.39 is 0 Å². The van der Waals surface area contributed by atoms with Crippen molar-refractivity contribution in [2.24, 2.45) is 17.6 Å². The van der Waals surface area contributed by atoms with Gasteiger partial charge in [-0.15, -0.1) is 0 Å². The van der Waals surface area contributed by atoms with Crippen molar-refractivity contribution in [3.05, 3.63) is 51.9 Å². The number of likely N-dealkylation sites (tertiary alicyclic amines) is 1. The van der Waals surface area contributed by atoms with E-state index in [0.29, 0.717) is 47.0 Å². The summed E-state index contributed by atoms with van der Waals surface area (Å²) in [6, 6.07) is 7.26. The lowest BCUT2D eigenvalue weighted by molar-refractivity contribution is -0.131. The molecule has 1 saturated heterocycles. The third-order valence-electron chi connectivity index (χ3n) is 7.15. The second kappa shape index (κ2) is 9.05. The van der Waals surface area contributed by atoms with Crippen LogP contribution >= 0.6 is 23.2 Å². The molecule has 6 rings (SSSR count). The van der Waals surface area contributed by atoms with E-state index in [1.54, 1.807) is 18.3 Å². The van der Waals surface area contributed by atoms with Crippen LogP contribution in [0.4, 0.5) is 5.95 Å². The van der Waals surface area contributed by atoms with Gasteiger partial charge in [0.1, 0.15) is 11.6 Å². The van der Waals surface area contributed by atoms with Crippen molar-refractivity contribution in [2.45, 2.75) is 38.1 Å². The molecule has 36 heavy (non-hydrogen) atoms. The summed E-state index contributed by atoms with van der Waals surface area (Å²) in [5.41, 5.74) is 8.11. The first-order chi connectivity index (χ1) is 17.4. The molecule has 2 aliphatic carbocycles. The summed E-state index contributed by atoms with van der Waals surface area (Å²) < 4.78 is 1.95. The van der Waals surface area contributed by atoms with Crippen molar-refractivity contribution in [3.8, 4) is 17.2 Å². The Kier molecular flexibility index (Phi) is 5.84. The molecule has 2 amide bonds. The highest BCUT2D eigenvalue weighted by atomic mass is 35.5. The Morgan fingerprint density at radius 3 is 2.61 bits per heavy atom. The summed E-state index contributed by atoms with van der Waals surface area (Å²) in [7, 11) is 0. The fourth-order valence-corrected chi connectivity index (χ4v) is 5.38. The Hall–Kier alpha value is -3.17. The zero-order chi connectivity index (χ0) is 25.0. The summed E-state index contributed by atoms with van der Waals surface area (Å²) >= 11 is 12.4.